The van der Waals surface area contributed by atoms with Gasteiger partial charge >= 0.3 is 0 Å². The van der Waals surface area contributed by atoms with Gasteiger partial charge in [-0.3, -0.25) is 0 Å². The Kier molecular flexibility index (Phi) is 4.59. The zero-order chi connectivity index (χ0) is 15.9. The van der Waals surface area contributed by atoms with Crippen LogP contribution in [0, 0.1) is 35.5 Å². The highest BCUT2D eigenvalue weighted by molar-refractivity contribution is 5.05. The predicted octanol–water partition coefficient (Wildman–Crippen LogP) is 2.90. The van der Waals surface area contributed by atoms with Gasteiger partial charge in [-0.05, 0) is 74.0 Å². The second-order valence-corrected chi connectivity index (χ2v) is 8.87. The molecule has 3 aliphatic carbocycles. The monoisotopic (exact) mass is 336 g/mol. The molecule has 8 unspecified atom stereocenters. The summed E-state index contributed by atoms with van der Waals surface area (Å²) in [6.07, 6.45) is 9.32. The first-order valence-corrected chi connectivity index (χ1v) is 10.3. The molecule has 136 valence electrons. The first-order chi connectivity index (χ1) is 11.9. The van der Waals surface area contributed by atoms with Crippen molar-refractivity contribution < 1.29 is 18.9 Å². The summed E-state index contributed by atoms with van der Waals surface area (Å²) in [6, 6.07) is 0. The summed E-state index contributed by atoms with van der Waals surface area (Å²) in [5.41, 5.74) is 0. The molecule has 24 heavy (non-hydrogen) atoms. The first kappa shape index (κ1) is 16.0. The van der Waals surface area contributed by atoms with E-state index < -0.39 is 0 Å². The standard InChI is InChI=1S/C20H32O4/c1-2-18-15-7-14(4-6-22-10-17-12-24-17)19(8-15)20(18)13(1)3-5-21-9-16-11-23-16/h13-20H,1-12H2. The topological polar surface area (TPSA) is 43.5 Å². The van der Waals surface area contributed by atoms with E-state index in [1.165, 1.54) is 38.5 Å². The Hall–Kier alpha value is -0.160. The molecule has 0 radical (unpaired) electrons. The zero-order valence-electron chi connectivity index (χ0n) is 14.7. The summed E-state index contributed by atoms with van der Waals surface area (Å²) in [5.74, 6) is 5.92. The van der Waals surface area contributed by atoms with E-state index in [4.69, 9.17) is 18.9 Å². The third-order valence-corrected chi connectivity index (χ3v) is 7.47. The van der Waals surface area contributed by atoms with Gasteiger partial charge in [0.1, 0.15) is 12.2 Å². The highest BCUT2D eigenvalue weighted by atomic mass is 16.6. The lowest BCUT2D eigenvalue weighted by Gasteiger charge is -2.35. The minimum Gasteiger partial charge on any atom is -0.379 e. The number of hydrogen-bond acceptors (Lipinski definition) is 4. The molecular formula is C20H32O4. The van der Waals surface area contributed by atoms with E-state index in [0.29, 0.717) is 12.2 Å². The Morgan fingerprint density at radius 3 is 2.08 bits per heavy atom. The molecule has 0 aromatic heterocycles. The van der Waals surface area contributed by atoms with Crippen LogP contribution in [0.4, 0.5) is 0 Å². The van der Waals surface area contributed by atoms with E-state index in [1.54, 1.807) is 0 Å². The number of hydrogen-bond donors (Lipinski definition) is 0. The van der Waals surface area contributed by atoms with Crippen LogP contribution in [-0.2, 0) is 18.9 Å². The molecule has 2 bridgehead atoms. The van der Waals surface area contributed by atoms with Crippen molar-refractivity contribution in [3.05, 3.63) is 0 Å². The van der Waals surface area contributed by atoms with Gasteiger partial charge in [0.15, 0.2) is 0 Å². The second kappa shape index (κ2) is 6.86. The van der Waals surface area contributed by atoms with Crippen LogP contribution in [0.3, 0.4) is 0 Å². The first-order valence-electron chi connectivity index (χ1n) is 10.3. The fraction of sp³-hybridized carbons (Fsp3) is 1.00. The molecule has 2 saturated heterocycles. The van der Waals surface area contributed by atoms with Gasteiger partial charge in [-0.25, -0.2) is 0 Å². The molecule has 0 spiro atoms. The molecule has 5 aliphatic rings. The maximum Gasteiger partial charge on any atom is 0.104 e. The lowest BCUT2D eigenvalue weighted by Crippen LogP contribution is -2.29. The van der Waals surface area contributed by atoms with Gasteiger partial charge in [0, 0.05) is 13.2 Å². The Balaban J connectivity index is 1.08. The lowest BCUT2D eigenvalue weighted by molar-refractivity contribution is 0.0652. The molecular weight excluding hydrogens is 304 g/mol. The third-order valence-electron chi connectivity index (χ3n) is 7.47. The van der Waals surface area contributed by atoms with Crippen LogP contribution in [0.1, 0.15) is 38.5 Å². The van der Waals surface area contributed by atoms with Gasteiger partial charge in [0.05, 0.1) is 26.4 Å². The van der Waals surface area contributed by atoms with Crippen molar-refractivity contribution in [2.24, 2.45) is 35.5 Å². The molecule has 5 rings (SSSR count). The fourth-order valence-corrected chi connectivity index (χ4v) is 6.28. The average Bonchev–Trinajstić information content (AvgIpc) is 3.48. The van der Waals surface area contributed by atoms with Gasteiger partial charge in [-0.15, -0.1) is 0 Å². The molecule has 2 heterocycles. The molecule has 0 aromatic carbocycles. The van der Waals surface area contributed by atoms with Crippen LogP contribution < -0.4 is 0 Å². The summed E-state index contributed by atoms with van der Waals surface area (Å²) in [6.45, 7) is 5.35. The molecule has 0 amide bonds. The molecule has 0 aromatic rings. The zero-order valence-corrected chi connectivity index (χ0v) is 14.7. The van der Waals surface area contributed by atoms with E-state index >= 15 is 0 Å². The Morgan fingerprint density at radius 1 is 0.750 bits per heavy atom. The Morgan fingerprint density at radius 2 is 1.42 bits per heavy atom. The van der Waals surface area contributed by atoms with Gasteiger partial charge in [-0.2, -0.15) is 0 Å². The SMILES string of the molecule is C(CC1CC2CC1C1C(CCOCC3CO3)CCC21)OCC1CO1. The van der Waals surface area contributed by atoms with Crippen LogP contribution in [-0.4, -0.2) is 51.8 Å². The second-order valence-electron chi connectivity index (χ2n) is 8.87. The van der Waals surface area contributed by atoms with Gasteiger partial charge in [0.2, 0.25) is 0 Å². The maximum absolute atomic E-state index is 5.83. The Labute approximate surface area is 145 Å². The summed E-state index contributed by atoms with van der Waals surface area (Å²) in [5, 5.41) is 0. The minimum absolute atomic E-state index is 0.411. The smallest absolute Gasteiger partial charge is 0.104 e. The molecule has 3 saturated carbocycles. The average molecular weight is 336 g/mol. The highest BCUT2D eigenvalue weighted by Crippen LogP contribution is 2.63. The minimum atomic E-state index is 0.411. The molecule has 4 nitrogen and oxygen atoms in total. The fourth-order valence-electron chi connectivity index (χ4n) is 6.28. The quantitative estimate of drug-likeness (QED) is 0.454. The third kappa shape index (κ3) is 3.40. The Bertz CT molecular complexity index is 433. The van der Waals surface area contributed by atoms with E-state index in [-0.39, 0.29) is 0 Å². The van der Waals surface area contributed by atoms with E-state index in [1.807, 2.05) is 0 Å². The predicted molar refractivity (Wildman–Crippen MR) is 89.8 cm³/mol. The number of epoxide rings is 2. The van der Waals surface area contributed by atoms with Gasteiger partial charge in [0.25, 0.3) is 0 Å². The van der Waals surface area contributed by atoms with Crippen molar-refractivity contribution in [2.45, 2.75) is 50.7 Å². The van der Waals surface area contributed by atoms with E-state index in [9.17, 15) is 0 Å². The van der Waals surface area contributed by atoms with Crippen LogP contribution >= 0.6 is 0 Å². The molecule has 2 aliphatic heterocycles. The van der Waals surface area contributed by atoms with Crippen LogP contribution in [0.25, 0.3) is 0 Å². The largest absolute Gasteiger partial charge is 0.379 e. The summed E-state index contributed by atoms with van der Waals surface area (Å²) in [7, 11) is 0. The highest BCUT2D eigenvalue weighted by Gasteiger charge is 2.56. The molecule has 8 atom stereocenters. The summed E-state index contributed by atoms with van der Waals surface area (Å²) >= 11 is 0. The van der Waals surface area contributed by atoms with Gasteiger partial charge < -0.3 is 18.9 Å². The van der Waals surface area contributed by atoms with Crippen LogP contribution in [0.15, 0.2) is 0 Å². The van der Waals surface area contributed by atoms with Crippen molar-refractivity contribution in [1.29, 1.82) is 0 Å². The normalized spacial score (nSPS) is 48.0. The van der Waals surface area contributed by atoms with Crippen molar-refractivity contribution in [3.8, 4) is 0 Å². The van der Waals surface area contributed by atoms with Crippen molar-refractivity contribution in [1.82, 2.24) is 0 Å². The van der Waals surface area contributed by atoms with Gasteiger partial charge in [-0.1, -0.05) is 0 Å². The number of ether oxygens (including phenoxy) is 4. The van der Waals surface area contributed by atoms with E-state index in [2.05, 4.69) is 0 Å². The summed E-state index contributed by atoms with van der Waals surface area (Å²) < 4.78 is 22.1. The maximum atomic E-state index is 5.83. The number of fused-ring (bicyclic) bond motifs is 5. The van der Waals surface area contributed by atoms with E-state index in [0.717, 1.165) is 75.1 Å². The van der Waals surface area contributed by atoms with Crippen molar-refractivity contribution in [2.75, 3.05) is 39.6 Å². The number of rotatable bonds is 10. The molecule has 5 fully saturated rings. The summed E-state index contributed by atoms with van der Waals surface area (Å²) in [4.78, 5) is 0. The van der Waals surface area contributed by atoms with Crippen molar-refractivity contribution in [3.63, 3.8) is 0 Å². The molecule has 4 heteroatoms. The van der Waals surface area contributed by atoms with Crippen molar-refractivity contribution >= 4 is 0 Å². The van der Waals surface area contributed by atoms with Crippen LogP contribution in [0.2, 0.25) is 0 Å². The lowest BCUT2D eigenvalue weighted by atomic mass is 9.71. The molecule has 0 N–H and O–H groups in total. The van der Waals surface area contributed by atoms with Crippen LogP contribution in [0.5, 0.6) is 0 Å².